The van der Waals surface area contributed by atoms with Gasteiger partial charge in [-0.15, -0.1) is 0 Å². The van der Waals surface area contributed by atoms with Crippen LogP contribution in [-0.2, 0) is 28.6 Å². The molecule has 0 radical (unpaired) electrons. The van der Waals surface area contributed by atoms with Crippen LogP contribution in [0.5, 0.6) is 0 Å². The van der Waals surface area contributed by atoms with Gasteiger partial charge in [-0.05, 0) is 57.8 Å². The van der Waals surface area contributed by atoms with Crippen molar-refractivity contribution in [1.29, 1.82) is 0 Å². The maximum Gasteiger partial charge on any atom is 0.306 e. The van der Waals surface area contributed by atoms with Crippen molar-refractivity contribution >= 4 is 17.9 Å². The summed E-state index contributed by atoms with van der Waals surface area (Å²) in [7, 11) is 0. The normalized spacial score (nSPS) is 12.3. The number of unbranched alkanes of at least 4 members (excludes halogenated alkanes) is 26. The highest BCUT2D eigenvalue weighted by Gasteiger charge is 2.19. The summed E-state index contributed by atoms with van der Waals surface area (Å²) in [5.74, 6) is -1.00. The summed E-state index contributed by atoms with van der Waals surface area (Å²) in [5.41, 5.74) is 0. The molecule has 0 saturated heterocycles. The Hall–Kier alpha value is -2.37. The molecule has 1 atom stereocenters. The zero-order valence-corrected chi connectivity index (χ0v) is 37.2. The third-order valence-corrected chi connectivity index (χ3v) is 10.4. The lowest BCUT2D eigenvalue weighted by molar-refractivity contribution is -0.166. The highest BCUT2D eigenvalue weighted by molar-refractivity contribution is 5.71. The van der Waals surface area contributed by atoms with Gasteiger partial charge in [0.05, 0.1) is 0 Å². The maximum atomic E-state index is 12.7. The highest BCUT2D eigenvalue weighted by atomic mass is 16.6. The van der Waals surface area contributed by atoms with E-state index in [0.717, 1.165) is 44.9 Å². The van der Waals surface area contributed by atoms with Crippen LogP contribution in [0.4, 0.5) is 0 Å². The third kappa shape index (κ3) is 42.8. The number of ether oxygens (including phenoxy) is 3. The monoisotopic (exact) mass is 787 g/mol. The molecule has 0 rings (SSSR count). The molecule has 0 bridgehead atoms. The van der Waals surface area contributed by atoms with Gasteiger partial charge in [0.2, 0.25) is 0 Å². The van der Waals surface area contributed by atoms with Crippen LogP contribution in [-0.4, -0.2) is 37.2 Å². The first-order valence-corrected chi connectivity index (χ1v) is 24.0. The Bertz CT molecular complexity index is 953. The molecule has 56 heavy (non-hydrogen) atoms. The largest absolute Gasteiger partial charge is 0.462 e. The Kier molecular flexibility index (Phi) is 43.4. The van der Waals surface area contributed by atoms with Crippen LogP contribution in [0.25, 0.3) is 0 Å². The Labute approximate surface area is 346 Å². The molecule has 0 aromatic heterocycles. The molecule has 0 aromatic rings. The number of carbonyl (C=O) groups excluding carboxylic acids is 3. The first-order valence-electron chi connectivity index (χ1n) is 24.0. The van der Waals surface area contributed by atoms with Gasteiger partial charge in [0, 0.05) is 19.3 Å². The molecule has 0 saturated carbocycles. The van der Waals surface area contributed by atoms with Crippen molar-refractivity contribution in [1.82, 2.24) is 0 Å². The first kappa shape index (κ1) is 53.6. The van der Waals surface area contributed by atoms with Crippen LogP contribution in [0.15, 0.2) is 36.5 Å². The average Bonchev–Trinajstić information content (AvgIpc) is 3.19. The second-order valence-corrected chi connectivity index (χ2v) is 16.0. The van der Waals surface area contributed by atoms with Crippen LogP contribution in [0.2, 0.25) is 0 Å². The lowest BCUT2D eigenvalue weighted by atomic mass is 10.0. The molecule has 0 heterocycles. The van der Waals surface area contributed by atoms with Crippen molar-refractivity contribution in [3.8, 4) is 0 Å². The number of esters is 3. The van der Waals surface area contributed by atoms with E-state index in [1.54, 1.807) is 0 Å². The van der Waals surface area contributed by atoms with Gasteiger partial charge in [0.25, 0.3) is 0 Å². The van der Waals surface area contributed by atoms with E-state index in [-0.39, 0.29) is 37.5 Å². The van der Waals surface area contributed by atoms with E-state index >= 15 is 0 Å². The van der Waals surface area contributed by atoms with E-state index in [1.807, 2.05) is 6.08 Å². The Morgan fingerprint density at radius 3 is 1.16 bits per heavy atom. The maximum absolute atomic E-state index is 12.7. The van der Waals surface area contributed by atoms with Crippen LogP contribution < -0.4 is 0 Å². The number of hydrogen-bond acceptors (Lipinski definition) is 6. The SMILES string of the molecule is CCCCCC/C=C\CCCC(=O)OCC(COC(=O)CCCCCCCCCCCCCCCCCC)OC(=O)CC/C=C\C/C=C\CCCCCCCC. The lowest BCUT2D eigenvalue weighted by Gasteiger charge is -2.18. The zero-order chi connectivity index (χ0) is 40.8. The molecule has 0 aromatic carbocycles. The van der Waals surface area contributed by atoms with Crippen LogP contribution in [0.3, 0.4) is 0 Å². The van der Waals surface area contributed by atoms with Gasteiger partial charge in [-0.2, -0.15) is 0 Å². The molecule has 0 amide bonds. The summed E-state index contributed by atoms with van der Waals surface area (Å²) in [4.78, 5) is 37.7. The predicted molar refractivity (Wildman–Crippen MR) is 238 cm³/mol. The van der Waals surface area contributed by atoms with Gasteiger partial charge in [-0.1, -0.05) is 205 Å². The van der Waals surface area contributed by atoms with Crippen molar-refractivity contribution in [2.24, 2.45) is 0 Å². The lowest BCUT2D eigenvalue weighted by Crippen LogP contribution is -2.30. The summed E-state index contributed by atoms with van der Waals surface area (Å²) in [5, 5.41) is 0. The van der Waals surface area contributed by atoms with E-state index < -0.39 is 6.10 Å². The minimum absolute atomic E-state index is 0.100. The zero-order valence-electron chi connectivity index (χ0n) is 37.2. The minimum Gasteiger partial charge on any atom is -0.462 e. The summed E-state index contributed by atoms with van der Waals surface area (Å²) >= 11 is 0. The van der Waals surface area contributed by atoms with Crippen molar-refractivity contribution < 1.29 is 28.6 Å². The minimum atomic E-state index is -0.807. The van der Waals surface area contributed by atoms with Gasteiger partial charge in [0.1, 0.15) is 13.2 Å². The second kappa shape index (κ2) is 45.3. The van der Waals surface area contributed by atoms with Gasteiger partial charge in [-0.25, -0.2) is 0 Å². The molecule has 6 nitrogen and oxygen atoms in total. The highest BCUT2D eigenvalue weighted by Crippen LogP contribution is 2.15. The second-order valence-electron chi connectivity index (χ2n) is 16.0. The van der Waals surface area contributed by atoms with Crippen molar-refractivity contribution in [3.63, 3.8) is 0 Å². The summed E-state index contributed by atoms with van der Waals surface area (Å²) < 4.78 is 16.6. The van der Waals surface area contributed by atoms with Gasteiger partial charge in [-0.3, -0.25) is 14.4 Å². The molecular formula is C50H90O6. The fraction of sp³-hybridized carbons (Fsp3) is 0.820. The van der Waals surface area contributed by atoms with Gasteiger partial charge >= 0.3 is 17.9 Å². The molecule has 0 aliphatic heterocycles. The van der Waals surface area contributed by atoms with Crippen molar-refractivity contribution in [2.75, 3.05) is 13.2 Å². The molecule has 0 N–H and O–H groups in total. The van der Waals surface area contributed by atoms with Gasteiger partial charge in [0.15, 0.2) is 6.10 Å². The van der Waals surface area contributed by atoms with E-state index in [4.69, 9.17) is 14.2 Å². The molecule has 0 aliphatic rings. The predicted octanol–water partition coefficient (Wildman–Crippen LogP) is 15.4. The molecule has 6 heteroatoms. The van der Waals surface area contributed by atoms with Crippen molar-refractivity contribution in [3.05, 3.63) is 36.5 Å². The Morgan fingerprint density at radius 2 is 0.696 bits per heavy atom. The Morgan fingerprint density at radius 1 is 0.357 bits per heavy atom. The molecule has 0 fully saturated rings. The van der Waals surface area contributed by atoms with E-state index in [1.165, 1.54) is 148 Å². The summed E-state index contributed by atoms with van der Waals surface area (Å²) in [6.07, 6.45) is 51.5. The van der Waals surface area contributed by atoms with E-state index in [0.29, 0.717) is 25.7 Å². The number of carbonyl (C=O) groups is 3. The van der Waals surface area contributed by atoms with E-state index in [9.17, 15) is 14.4 Å². The first-order chi connectivity index (χ1) is 27.5. The third-order valence-electron chi connectivity index (χ3n) is 10.4. The topological polar surface area (TPSA) is 78.9 Å². The van der Waals surface area contributed by atoms with Crippen molar-refractivity contribution in [2.45, 2.75) is 252 Å². The fourth-order valence-electron chi connectivity index (χ4n) is 6.73. The molecular weight excluding hydrogens is 697 g/mol. The number of rotatable bonds is 43. The Balaban J connectivity index is 4.39. The molecule has 326 valence electrons. The molecule has 0 spiro atoms. The molecule has 1 unspecified atom stereocenters. The molecule has 0 aliphatic carbocycles. The van der Waals surface area contributed by atoms with Crippen LogP contribution in [0, 0.1) is 0 Å². The van der Waals surface area contributed by atoms with Crippen LogP contribution >= 0.6 is 0 Å². The average molecular weight is 787 g/mol. The fourth-order valence-corrected chi connectivity index (χ4v) is 6.73. The smallest absolute Gasteiger partial charge is 0.306 e. The number of hydrogen-bond donors (Lipinski definition) is 0. The van der Waals surface area contributed by atoms with Gasteiger partial charge < -0.3 is 14.2 Å². The van der Waals surface area contributed by atoms with E-state index in [2.05, 4.69) is 51.2 Å². The summed E-state index contributed by atoms with van der Waals surface area (Å²) in [6, 6.07) is 0. The van der Waals surface area contributed by atoms with Crippen LogP contribution in [0.1, 0.15) is 245 Å². The summed E-state index contributed by atoms with van der Waals surface area (Å²) in [6.45, 7) is 6.53. The quantitative estimate of drug-likeness (QED) is 0.0265. The number of allylic oxidation sites excluding steroid dienone is 6. The standard InChI is InChI=1S/C50H90O6/c1-4-7-10-13-16-19-21-23-24-25-27-28-31-34-37-40-43-49(52)55-46-47(45-54-48(51)42-39-36-33-30-18-15-12-9-6-3)56-50(53)44-41-38-35-32-29-26-22-20-17-14-11-8-5-2/h26,29-30,33,35,38,47H,4-25,27-28,31-32,34,36-37,39-46H2,1-3H3/b29-26-,33-30-,38-35-.